The number of hydrogen-bond donors (Lipinski definition) is 2. The molecule has 278 valence electrons. The fourth-order valence-electron chi connectivity index (χ4n) is 6.34. The maximum absolute atomic E-state index is 14.0. The van der Waals surface area contributed by atoms with Gasteiger partial charge >= 0.3 is 12.1 Å². The summed E-state index contributed by atoms with van der Waals surface area (Å²) in [7, 11) is 5.76. The first kappa shape index (κ1) is 41.6. The molecule has 1 aromatic heterocycles. The number of alkyl halides is 3. The highest BCUT2D eigenvalue weighted by atomic mass is 19.4. The van der Waals surface area contributed by atoms with E-state index >= 15 is 0 Å². The lowest BCUT2D eigenvalue weighted by Gasteiger charge is -2.40. The number of aromatic nitrogens is 2. The number of halogens is 3. The van der Waals surface area contributed by atoms with Crippen molar-refractivity contribution in [2.24, 2.45) is 17.8 Å². The van der Waals surface area contributed by atoms with E-state index in [1.807, 2.05) is 13.8 Å². The molecule has 49 heavy (non-hydrogen) atoms. The molecule has 0 unspecified atom stereocenters. The smallest absolute Gasteiger partial charge is 0.433 e. The van der Waals surface area contributed by atoms with Crippen molar-refractivity contribution in [2.75, 3.05) is 40.2 Å². The van der Waals surface area contributed by atoms with Crippen LogP contribution in [0.4, 0.5) is 19.1 Å². The van der Waals surface area contributed by atoms with E-state index in [0.29, 0.717) is 25.8 Å². The van der Waals surface area contributed by atoms with Gasteiger partial charge in [-0.25, -0.2) is 14.8 Å². The summed E-state index contributed by atoms with van der Waals surface area (Å²) in [6.45, 7) is 11.0. The van der Waals surface area contributed by atoms with Crippen molar-refractivity contribution < 1.29 is 46.6 Å². The van der Waals surface area contributed by atoms with E-state index in [4.69, 9.17) is 14.2 Å². The molecule has 2 heterocycles. The molecular weight excluding hydrogens is 649 g/mol. The van der Waals surface area contributed by atoms with Crippen LogP contribution < -0.4 is 10.6 Å². The summed E-state index contributed by atoms with van der Waals surface area (Å²) in [5.74, 6) is -3.19. The van der Waals surface area contributed by atoms with E-state index in [1.165, 1.54) is 33.2 Å². The van der Waals surface area contributed by atoms with Gasteiger partial charge in [-0.2, -0.15) is 13.2 Å². The Morgan fingerprint density at radius 3 is 2.27 bits per heavy atom. The van der Waals surface area contributed by atoms with Crippen LogP contribution in [-0.4, -0.2) is 115 Å². The minimum absolute atomic E-state index is 0.0769. The molecule has 0 aromatic carbocycles. The number of hydrogen-bond acceptors (Lipinski definition) is 10. The van der Waals surface area contributed by atoms with Crippen molar-refractivity contribution in [1.29, 1.82) is 0 Å². The molecule has 0 aliphatic carbocycles. The van der Waals surface area contributed by atoms with Crippen LogP contribution in [0.25, 0.3) is 0 Å². The predicted molar refractivity (Wildman–Crippen MR) is 175 cm³/mol. The zero-order chi connectivity index (χ0) is 37.2. The maximum atomic E-state index is 14.0. The number of anilines is 1. The maximum Gasteiger partial charge on any atom is 0.433 e. The SMILES string of the molecule is CC[C@H](C)[C@@H]([C@@H](CC(=O)N1CCC[C@H]1[C@H](OC)[C@@H](C)C(=O)N[C@@H](C)C(=O)OC)OC)N(C)C(=O)[C@@H](Nc1nccc(C(F)(F)F)n1)C(C)C. The Morgan fingerprint density at radius 1 is 1.08 bits per heavy atom. The summed E-state index contributed by atoms with van der Waals surface area (Å²) in [6, 6.07) is -2.09. The molecule has 0 radical (unpaired) electrons. The van der Waals surface area contributed by atoms with Gasteiger partial charge in [-0.3, -0.25) is 14.4 Å². The third kappa shape index (κ3) is 10.7. The highest BCUT2D eigenvalue weighted by Crippen LogP contribution is 2.31. The predicted octanol–water partition coefficient (Wildman–Crippen LogP) is 3.53. The molecule has 0 saturated carbocycles. The Morgan fingerprint density at radius 2 is 1.73 bits per heavy atom. The van der Waals surface area contributed by atoms with E-state index in [-0.39, 0.29) is 30.1 Å². The van der Waals surface area contributed by atoms with Crippen molar-refractivity contribution in [3.05, 3.63) is 18.0 Å². The number of amides is 3. The average Bonchev–Trinajstić information content (AvgIpc) is 3.55. The number of ether oxygens (including phenoxy) is 3. The van der Waals surface area contributed by atoms with Crippen LogP contribution in [-0.2, 0) is 39.6 Å². The fraction of sp³-hybridized carbons (Fsp3) is 0.758. The van der Waals surface area contributed by atoms with Crippen molar-refractivity contribution in [3.8, 4) is 0 Å². The standard InChI is InChI=1S/C33H53F3N6O7/c1-11-19(4)27(41(7)30(45)26(18(2)3)40-32-37-15-14-24(39-32)33(34,35)36)23(47-8)17-25(43)42-16-12-13-22(42)28(48-9)20(5)29(44)38-21(6)31(46)49-10/h14-15,18-23,26-28H,11-13,16-17H2,1-10H3,(H,38,44)(H,37,39,40)/t19-,20+,21-,22-,23+,26-,27-,28+/m0/s1. The normalized spacial score (nSPS) is 19.3. The number of nitrogens with one attached hydrogen (secondary N) is 2. The lowest BCUT2D eigenvalue weighted by Crippen LogP contribution is -2.56. The van der Waals surface area contributed by atoms with Gasteiger partial charge in [0.05, 0.1) is 43.7 Å². The van der Waals surface area contributed by atoms with Gasteiger partial charge in [-0.15, -0.1) is 0 Å². The van der Waals surface area contributed by atoms with Gasteiger partial charge in [0, 0.05) is 34.0 Å². The summed E-state index contributed by atoms with van der Waals surface area (Å²) in [5, 5.41) is 5.42. The Balaban J connectivity index is 2.29. The third-order valence-electron chi connectivity index (χ3n) is 9.34. The van der Waals surface area contributed by atoms with Crippen LogP contribution in [0.15, 0.2) is 12.3 Å². The molecule has 1 saturated heterocycles. The van der Waals surface area contributed by atoms with E-state index in [1.54, 1.807) is 32.7 Å². The fourth-order valence-corrected chi connectivity index (χ4v) is 6.34. The van der Waals surface area contributed by atoms with Crippen LogP contribution in [0.1, 0.15) is 72.9 Å². The van der Waals surface area contributed by atoms with Gasteiger partial charge < -0.3 is 34.6 Å². The molecule has 0 spiro atoms. The summed E-state index contributed by atoms with van der Waals surface area (Å²) in [6.07, 6.45) is -3.26. The van der Waals surface area contributed by atoms with Gasteiger partial charge in [0.25, 0.3) is 0 Å². The zero-order valence-electron chi connectivity index (χ0n) is 30.2. The first-order chi connectivity index (χ1) is 22.9. The highest BCUT2D eigenvalue weighted by molar-refractivity contribution is 5.86. The molecule has 8 atom stereocenters. The lowest BCUT2D eigenvalue weighted by molar-refractivity contribution is -0.148. The molecule has 1 aliphatic heterocycles. The Bertz CT molecular complexity index is 1270. The number of carbonyl (C=O) groups excluding carboxylic acids is 4. The molecule has 2 rings (SSSR count). The average molecular weight is 703 g/mol. The van der Waals surface area contributed by atoms with Gasteiger partial charge in [0.2, 0.25) is 23.7 Å². The van der Waals surface area contributed by atoms with Gasteiger partial charge in [-0.1, -0.05) is 41.0 Å². The second-order valence-electron chi connectivity index (χ2n) is 13.0. The van der Waals surface area contributed by atoms with Gasteiger partial charge in [0.15, 0.2) is 0 Å². The van der Waals surface area contributed by atoms with Crippen molar-refractivity contribution in [2.45, 2.75) is 110 Å². The molecule has 1 aromatic rings. The molecule has 0 bridgehead atoms. The van der Waals surface area contributed by atoms with E-state index in [2.05, 4.69) is 20.6 Å². The van der Waals surface area contributed by atoms with Crippen molar-refractivity contribution >= 4 is 29.6 Å². The van der Waals surface area contributed by atoms with Crippen molar-refractivity contribution in [1.82, 2.24) is 25.1 Å². The topological polar surface area (TPSA) is 152 Å². The quantitative estimate of drug-likeness (QED) is 0.231. The monoisotopic (exact) mass is 702 g/mol. The zero-order valence-corrected chi connectivity index (χ0v) is 30.2. The molecule has 2 N–H and O–H groups in total. The summed E-state index contributed by atoms with van der Waals surface area (Å²) in [5.41, 5.74) is -1.13. The van der Waals surface area contributed by atoms with E-state index in [9.17, 15) is 32.3 Å². The molecule has 13 nitrogen and oxygen atoms in total. The number of carbonyl (C=O) groups is 4. The van der Waals surface area contributed by atoms with Gasteiger partial charge in [0.1, 0.15) is 17.8 Å². The number of likely N-dealkylation sites (tertiary alicyclic amines) is 1. The van der Waals surface area contributed by atoms with E-state index in [0.717, 1.165) is 12.3 Å². The Hall–Kier alpha value is -3.53. The second-order valence-corrected chi connectivity index (χ2v) is 13.0. The van der Waals surface area contributed by atoms with Crippen LogP contribution in [0.2, 0.25) is 0 Å². The first-order valence-electron chi connectivity index (χ1n) is 16.6. The summed E-state index contributed by atoms with van der Waals surface area (Å²) in [4.78, 5) is 63.5. The number of methoxy groups -OCH3 is 3. The number of rotatable bonds is 17. The lowest BCUT2D eigenvalue weighted by atomic mass is 9.89. The Kier molecular flexibility index (Phi) is 15.7. The number of nitrogens with zero attached hydrogens (tertiary/aromatic N) is 4. The molecule has 1 fully saturated rings. The highest BCUT2D eigenvalue weighted by Gasteiger charge is 2.43. The largest absolute Gasteiger partial charge is 0.467 e. The number of esters is 1. The third-order valence-corrected chi connectivity index (χ3v) is 9.34. The second kappa shape index (κ2) is 18.5. The Labute approximate surface area is 287 Å². The first-order valence-corrected chi connectivity index (χ1v) is 16.6. The summed E-state index contributed by atoms with van der Waals surface area (Å²) < 4.78 is 56.2. The molecule has 3 amide bonds. The van der Waals surface area contributed by atoms with Crippen LogP contribution in [0.5, 0.6) is 0 Å². The van der Waals surface area contributed by atoms with Crippen LogP contribution >= 0.6 is 0 Å². The minimum atomic E-state index is -4.68. The van der Waals surface area contributed by atoms with E-state index < -0.39 is 71.9 Å². The summed E-state index contributed by atoms with van der Waals surface area (Å²) >= 11 is 0. The minimum Gasteiger partial charge on any atom is -0.467 e. The molecular formula is C33H53F3N6O7. The van der Waals surface area contributed by atoms with Crippen LogP contribution in [0, 0.1) is 17.8 Å². The number of likely N-dealkylation sites (N-methyl/N-ethyl adjacent to an activating group) is 1. The molecule has 1 aliphatic rings. The molecule has 16 heteroatoms. The van der Waals surface area contributed by atoms with Gasteiger partial charge in [-0.05, 0) is 37.7 Å². The van der Waals surface area contributed by atoms with Crippen molar-refractivity contribution in [3.63, 3.8) is 0 Å². The van der Waals surface area contributed by atoms with Crippen LogP contribution in [0.3, 0.4) is 0 Å².